The highest BCUT2D eigenvalue weighted by Gasteiger charge is 2.18. The van der Waals surface area contributed by atoms with Gasteiger partial charge in [-0.3, -0.25) is 0 Å². The SMILES string of the molecule is COCCN(C)CCNS(=O)(=O)c1cc(Br)cnc1N. The molecule has 7 nitrogen and oxygen atoms in total. The van der Waals surface area contributed by atoms with E-state index >= 15 is 0 Å². The number of halogens is 1. The molecule has 9 heteroatoms. The molecule has 1 rings (SSSR count). The van der Waals surface area contributed by atoms with E-state index in [0.717, 1.165) is 6.54 Å². The van der Waals surface area contributed by atoms with Crippen LogP contribution < -0.4 is 10.5 Å². The summed E-state index contributed by atoms with van der Waals surface area (Å²) in [5.74, 6) is -0.0200. The van der Waals surface area contributed by atoms with Crippen molar-refractivity contribution in [3.05, 3.63) is 16.7 Å². The Bertz CT molecular complexity index is 538. The zero-order chi connectivity index (χ0) is 15.2. The number of nitrogen functional groups attached to an aromatic ring is 1. The fraction of sp³-hybridized carbons (Fsp3) is 0.545. The highest BCUT2D eigenvalue weighted by atomic mass is 79.9. The molecule has 1 aromatic rings. The second-order valence-corrected chi connectivity index (χ2v) is 6.88. The molecular formula is C11H19BrN4O3S. The van der Waals surface area contributed by atoms with Crippen molar-refractivity contribution in [1.82, 2.24) is 14.6 Å². The topological polar surface area (TPSA) is 97.5 Å². The van der Waals surface area contributed by atoms with Crippen LogP contribution in [0, 0.1) is 0 Å². The molecule has 1 aromatic heterocycles. The summed E-state index contributed by atoms with van der Waals surface area (Å²) < 4.78 is 32.2. The van der Waals surface area contributed by atoms with Crippen LogP contribution in [0.5, 0.6) is 0 Å². The molecule has 0 atom stereocenters. The molecule has 0 bridgehead atoms. The van der Waals surface area contributed by atoms with E-state index < -0.39 is 10.0 Å². The van der Waals surface area contributed by atoms with E-state index in [0.29, 0.717) is 17.6 Å². The summed E-state index contributed by atoms with van der Waals surface area (Å²) in [5, 5.41) is 0. The molecule has 0 aliphatic heterocycles. The molecule has 0 aliphatic rings. The van der Waals surface area contributed by atoms with Crippen molar-refractivity contribution in [3.63, 3.8) is 0 Å². The first-order valence-corrected chi connectivity index (χ1v) is 8.22. The van der Waals surface area contributed by atoms with Crippen LogP contribution >= 0.6 is 15.9 Å². The van der Waals surface area contributed by atoms with Crippen molar-refractivity contribution in [2.75, 3.05) is 46.1 Å². The maximum atomic E-state index is 12.1. The number of aromatic nitrogens is 1. The van der Waals surface area contributed by atoms with Crippen LogP contribution in [0.15, 0.2) is 21.6 Å². The largest absolute Gasteiger partial charge is 0.383 e. The normalized spacial score (nSPS) is 12.0. The van der Waals surface area contributed by atoms with Crippen LogP contribution in [0.25, 0.3) is 0 Å². The van der Waals surface area contributed by atoms with Gasteiger partial charge in [-0.1, -0.05) is 0 Å². The van der Waals surface area contributed by atoms with Crippen LogP contribution in [-0.4, -0.2) is 58.7 Å². The number of hydrogen-bond acceptors (Lipinski definition) is 6. The van der Waals surface area contributed by atoms with Crippen molar-refractivity contribution in [3.8, 4) is 0 Å². The predicted octanol–water partition coefficient (Wildman–Crippen LogP) is 0.283. The van der Waals surface area contributed by atoms with Crippen LogP contribution in [0.3, 0.4) is 0 Å². The Morgan fingerprint density at radius 3 is 2.85 bits per heavy atom. The Morgan fingerprint density at radius 1 is 1.50 bits per heavy atom. The number of rotatable bonds is 8. The minimum absolute atomic E-state index is 0.0200. The average molecular weight is 367 g/mol. The zero-order valence-corrected chi connectivity index (χ0v) is 13.9. The predicted molar refractivity (Wildman–Crippen MR) is 80.9 cm³/mol. The first kappa shape index (κ1) is 17.3. The lowest BCUT2D eigenvalue weighted by atomic mass is 10.5. The van der Waals surface area contributed by atoms with Gasteiger partial charge >= 0.3 is 0 Å². The average Bonchev–Trinajstić information content (AvgIpc) is 2.38. The van der Waals surface area contributed by atoms with Gasteiger partial charge in [-0.15, -0.1) is 0 Å². The molecule has 0 unspecified atom stereocenters. The smallest absolute Gasteiger partial charge is 0.244 e. The monoisotopic (exact) mass is 366 g/mol. The highest BCUT2D eigenvalue weighted by molar-refractivity contribution is 9.10. The first-order valence-electron chi connectivity index (χ1n) is 5.95. The van der Waals surface area contributed by atoms with E-state index in [1.165, 1.54) is 12.3 Å². The third kappa shape index (κ3) is 5.33. The van der Waals surface area contributed by atoms with Gasteiger partial charge < -0.3 is 15.4 Å². The molecule has 0 amide bonds. The lowest BCUT2D eigenvalue weighted by Gasteiger charge is -2.16. The van der Waals surface area contributed by atoms with E-state index in [-0.39, 0.29) is 17.3 Å². The third-order valence-electron chi connectivity index (χ3n) is 2.60. The number of methoxy groups -OCH3 is 1. The van der Waals surface area contributed by atoms with Crippen molar-refractivity contribution in [2.45, 2.75) is 4.90 Å². The van der Waals surface area contributed by atoms with Gasteiger partial charge in [0, 0.05) is 37.4 Å². The van der Waals surface area contributed by atoms with Crippen molar-refractivity contribution >= 4 is 31.8 Å². The summed E-state index contributed by atoms with van der Waals surface area (Å²) in [6.45, 7) is 2.20. The summed E-state index contributed by atoms with van der Waals surface area (Å²) in [6, 6.07) is 1.43. The summed E-state index contributed by atoms with van der Waals surface area (Å²) in [7, 11) is -0.139. The second-order valence-electron chi connectivity index (χ2n) is 4.23. The summed E-state index contributed by atoms with van der Waals surface area (Å²) in [6.07, 6.45) is 1.45. The van der Waals surface area contributed by atoms with E-state index in [9.17, 15) is 8.42 Å². The quantitative estimate of drug-likeness (QED) is 0.685. The molecule has 0 spiro atoms. The number of ether oxygens (including phenoxy) is 1. The molecular weight excluding hydrogens is 348 g/mol. The fourth-order valence-electron chi connectivity index (χ4n) is 1.45. The first-order chi connectivity index (χ1) is 9.36. The molecule has 0 radical (unpaired) electrons. The van der Waals surface area contributed by atoms with E-state index in [1.807, 2.05) is 11.9 Å². The number of pyridine rings is 1. The van der Waals surface area contributed by atoms with Crippen molar-refractivity contribution in [1.29, 1.82) is 0 Å². The van der Waals surface area contributed by atoms with Crippen molar-refractivity contribution < 1.29 is 13.2 Å². The molecule has 0 saturated carbocycles. The highest BCUT2D eigenvalue weighted by Crippen LogP contribution is 2.19. The molecule has 114 valence electrons. The third-order valence-corrected chi connectivity index (χ3v) is 4.52. The molecule has 0 aromatic carbocycles. The lowest BCUT2D eigenvalue weighted by molar-refractivity contribution is 0.162. The molecule has 1 heterocycles. The van der Waals surface area contributed by atoms with E-state index in [2.05, 4.69) is 25.6 Å². The van der Waals surface area contributed by atoms with E-state index in [1.54, 1.807) is 7.11 Å². The van der Waals surface area contributed by atoms with Gasteiger partial charge in [-0.05, 0) is 29.0 Å². The molecule has 20 heavy (non-hydrogen) atoms. The summed E-state index contributed by atoms with van der Waals surface area (Å²) in [4.78, 5) is 5.76. The molecule has 3 N–H and O–H groups in total. The standard InChI is InChI=1S/C11H19BrN4O3S/c1-16(5-6-19-2)4-3-15-20(17,18)10-7-9(12)8-14-11(10)13/h7-8,15H,3-6H2,1-2H3,(H2,13,14). The zero-order valence-electron chi connectivity index (χ0n) is 11.5. The fourth-order valence-corrected chi connectivity index (χ4v) is 3.06. The van der Waals surface area contributed by atoms with Crippen molar-refractivity contribution in [2.24, 2.45) is 0 Å². The molecule has 0 saturated heterocycles. The van der Waals surface area contributed by atoms with Crippen LogP contribution in [-0.2, 0) is 14.8 Å². The second kappa shape index (κ2) is 7.89. The number of nitrogens with two attached hydrogens (primary N) is 1. The van der Waals surface area contributed by atoms with Gasteiger partial charge in [-0.25, -0.2) is 18.1 Å². The van der Waals surface area contributed by atoms with Gasteiger partial charge in [0.2, 0.25) is 10.0 Å². The number of nitrogens with one attached hydrogen (secondary N) is 1. The van der Waals surface area contributed by atoms with Crippen LogP contribution in [0.4, 0.5) is 5.82 Å². The maximum absolute atomic E-state index is 12.1. The number of anilines is 1. The van der Waals surface area contributed by atoms with Crippen LogP contribution in [0.2, 0.25) is 0 Å². The lowest BCUT2D eigenvalue weighted by Crippen LogP contribution is -2.34. The van der Waals surface area contributed by atoms with Gasteiger partial charge in [0.05, 0.1) is 6.61 Å². The number of hydrogen-bond donors (Lipinski definition) is 2. The van der Waals surface area contributed by atoms with Gasteiger partial charge in [-0.2, -0.15) is 0 Å². The van der Waals surface area contributed by atoms with Gasteiger partial charge in [0.25, 0.3) is 0 Å². The molecule has 0 aliphatic carbocycles. The van der Waals surface area contributed by atoms with E-state index in [4.69, 9.17) is 10.5 Å². The van der Waals surface area contributed by atoms with Gasteiger partial charge in [0.15, 0.2) is 0 Å². The summed E-state index contributed by atoms with van der Waals surface area (Å²) >= 11 is 3.18. The molecule has 0 fully saturated rings. The van der Waals surface area contributed by atoms with Crippen LogP contribution in [0.1, 0.15) is 0 Å². The number of sulfonamides is 1. The number of likely N-dealkylation sites (N-methyl/N-ethyl adjacent to an activating group) is 1. The Morgan fingerprint density at radius 2 is 2.20 bits per heavy atom. The maximum Gasteiger partial charge on any atom is 0.244 e. The Hall–Kier alpha value is -0.740. The Balaban J connectivity index is 2.60. The minimum atomic E-state index is -3.66. The van der Waals surface area contributed by atoms with Gasteiger partial charge in [0.1, 0.15) is 10.7 Å². The minimum Gasteiger partial charge on any atom is -0.383 e. The summed E-state index contributed by atoms with van der Waals surface area (Å²) in [5.41, 5.74) is 5.59. The Kier molecular flexibility index (Phi) is 6.83. The number of nitrogens with zero attached hydrogens (tertiary/aromatic N) is 2. The Labute approximate surface area is 127 Å².